The number of alkyl halides is 2. The molecule has 0 aromatic rings. The van der Waals surface area contributed by atoms with Crippen LogP contribution in [0.15, 0.2) is 0 Å². The molecule has 1 saturated carbocycles. The molecule has 0 aliphatic heterocycles. The van der Waals surface area contributed by atoms with Crippen LogP contribution < -0.4 is 0 Å². The first kappa shape index (κ1) is 12.6. The number of rotatable bonds is 2. The summed E-state index contributed by atoms with van der Waals surface area (Å²) in [7, 11) is 0. The number of hydrogen-bond acceptors (Lipinski definition) is 0. The second-order valence-electron chi connectivity index (χ2n) is 3.28. The van der Waals surface area contributed by atoms with Crippen LogP contribution in [-0.4, -0.2) is 11.3 Å². The summed E-state index contributed by atoms with van der Waals surface area (Å²) >= 11 is 11.1. The van der Waals surface area contributed by atoms with Crippen molar-refractivity contribution in [2.24, 2.45) is 0 Å². The van der Waals surface area contributed by atoms with E-state index in [-0.39, 0.29) is 0 Å². The van der Waals surface area contributed by atoms with E-state index in [4.69, 9.17) is 23.2 Å². The van der Waals surface area contributed by atoms with Gasteiger partial charge in [-0.15, -0.1) is 23.2 Å². The van der Waals surface area contributed by atoms with Gasteiger partial charge in [-0.3, -0.25) is 0 Å². The molecule has 0 bridgehead atoms. The van der Waals surface area contributed by atoms with Gasteiger partial charge >= 0.3 is 0 Å². The van der Waals surface area contributed by atoms with Gasteiger partial charge in [-0.2, -0.15) is 0 Å². The van der Waals surface area contributed by atoms with E-state index >= 15 is 0 Å². The van der Waals surface area contributed by atoms with Gasteiger partial charge in [0, 0.05) is 11.3 Å². The first-order valence-corrected chi connectivity index (χ1v) is 5.98. The minimum atomic E-state index is 0.508. The van der Waals surface area contributed by atoms with Gasteiger partial charge in [0.15, 0.2) is 0 Å². The van der Waals surface area contributed by atoms with E-state index in [1.165, 1.54) is 38.5 Å². The molecule has 0 saturated heterocycles. The lowest BCUT2D eigenvalue weighted by Crippen LogP contribution is -2.03. The van der Waals surface area contributed by atoms with Crippen molar-refractivity contribution in [2.45, 2.75) is 57.2 Å². The zero-order valence-electron chi connectivity index (χ0n) is 7.99. The van der Waals surface area contributed by atoms with Crippen LogP contribution in [0.4, 0.5) is 0 Å². The topological polar surface area (TPSA) is 0 Å². The number of unbranched alkanes of at least 4 members (excludes halogenated alkanes) is 1. The second kappa shape index (κ2) is 9.67. The predicted molar refractivity (Wildman–Crippen MR) is 58.4 cm³/mol. The van der Waals surface area contributed by atoms with Crippen molar-refractivity contribution in [3.63, 3.8) is 0 Å². The van der Waals surface area contributed by atoms with E-state index in [1.807, 2.05) is 0 Å². The largest absolute Gasteiger partial charge is 0.127 e. The van der Waals surface area contributed by atoms with Crippen molar-refractivity contribution in [1.82, 2.24) is 0 Å². The maximum absolute atomic E-state index is 5.82. The molecule has 2 heteroatoms. The van der Waals surface area contributed by atoms with E-state index in [0.29, 0.717) is 5.38 Å². The first-order chi connectivity index (χ1) is 5.81. The Kier molecular flexibility index (Phi) is 10.1. The van der Waals surface area contributed by atoms with Crippen molar-refractivity contribution in [2.75, 3.05) is 5.88 Å². The quantitative estimate of drug-likeness (QED) is 0.586. The van der Waals surface area contributed by atoms with Crippen LogP contribution >= 0.6 is 23.2 Å². The molecule has 12 heavy (non-hydrogen) atoms. The van der Waals surface area contributed by atoms with Crippen LogP contribution in [0.25, 0.3) is 0 Å². The van der Waals surface area contributed by atoms with Gasteiger partial charge < -0.3 is 0 Å². The van der Waals surface area contributed by atoms with Crippen LogP contribution in [0.5, 0.6) is 0 Å². The molecular formula is C10H20Cl2. The van der Waals surface area contributed by atoms with E-state index in [1.54, 1.807) is 0 Å². The van der Waals surface area contributed by atoms with E-state index < -0.39 is 0 Å². The molecule has 1 rings (SSSR count). The van der Waals surface area contributed by atoms with E-state index in [0.717, 1.165) is 12.3 Å². The van der Waals surface area contributed by atoms with Crippen LogP contribution in [0.3, 0.4) is 0 Å². The SMILES string of the molecule is CCCCCl.ClC1CCCCC1. The molecule has 0 nitrogen and oxygen atoms in total. The van der Waals surface area contributed by atoms with Gasteiger partial charge in [-0.05, 0) is 19.3 Å². The third kappa shape index (κ3) is 8.67. The zero-order chi connectivity index (χ0) is 9.23. The van der Waals surface area contributed by atoms with Crippen molar-refractivity contribution in [3.05, 3.63) is 0 Å². The second-order valence-corrected chi connectivity index (χ2v) is 4.27. The fraction of sp³-hybridized carbons (Fsp3) is 1.00. The Labute approximate surface area is 86.6 Å². The summed E-state index contributed by atoms with van der Waals surface area (Å²) in [6, 6.07) is 0. The summed E-state index contributed by atoms with van der Waals surface area (Å²) in [6.45, 7) is 2.13. The molecule has 0 spiro atoms. The molecule has 1 aliphatic carbocycles. The molecule has 1 aliphatic rings. The monoisotopic (exact) mass is 210 g/mol. The van der Waals surface area contributed by atoms with Crippen LogP contribution in [0, 0.1) is 0 Å². The maximum Gasteiger partial charge on any atom is 0.0336 e. The van der Waals surface area contributed by atoms with E-state index in [2.05, 4.69) is 6.92 Å². The van der Waals surface area contributed by atoms with Crippen molar-refractivity contribution in [1.29, 1.82) is 0 Å². The lowest BCUT2D eigenvalue weighted by Gasteiger charge is -2.13. The molecule has 1 fully saturated rings. The Hall–Kier alpha value is 0.580. The third-order valence-electron chi connectivity index (χ3n) is 2.02. The molecule has 0 aromatic heterocycles. The standard InChI is InChI=1S/C6H11Cl.C4H9Cl/c7-6-4-2-1-3-5-6;1-2-3-4-5/h6H,1-5H2;2-4H2,1H3. The summed E-state index contributed by atoms with van der Waals surface area (Å²) in [5.74, 6) is 0.816. The molecule has 0 unspecified atom stereocenters. The van der Waals surface area contributed by atoms with Crippen LogP contribution in [0.1, 0.15) is 51.9 Å². The zero-order valence-corrected chi connectivity index (χ0v) is 9.50. The van der Waals surface area contributed by atoms with Gasteiger partial charge in [0.25, 0.3) is 0 Å². The summed E-state index contributed by atoms with van der Waals surface area (Å²) in [6.07, 6.45) is 8.99. The summed E-state index contributed by atoms with van der Waals surface area (Å²) in [5, 5.41) is 0.508. The van der Waals surface area contributed by atoms with Gasteiger partial charge in [0.2, 0.25) is 0 Å². The highest BCUT2D eigenvalue weighted by atomic mass is 35.5. The highest BCUT2D eigenvalue weighted by Crippen LogP contribution is 2.21. The maximum atomic E-state index is 5.82. The lowest BCUT2D eigenvalue weighted by molar-refractivity contribution is 0.511. The number of halogens is 2. The van der Waals surface area contributed by atoms with Crippen LogP contribution in [-0.2, 0) is 0 Å². The molecule has 0 aromatic carbocycles. The Morgan fingerprint density at radius 3 is 1.92 bits per heavy atom. The number of hydrogen-bond donors (Lipinski definition) is 0. The molecular weight excluding hydrogens is 191 g/mol. The van der Waals surface area contributed by atoms with E-state index in [9.17, 15) is 0 Å². The summed E-state index contributed by atoms with van der Waals surface area (Å²) in [5.41, 5.74) is 0. The average Bonchev–Trinajstić information content (AvgIpc) is 2.08. The molecule has 0 heterocycles. The first-order valence-electron chi connectivity index (χ1n) is 5.01. The van der Waals surface area contributed by atoms with Gasteiger partial charge in [0.1, 0.15) is 0 Å². The van der Waals surface area contributed by atoms with Gasteiger partial charge in [-0.1, -0.05) is 32.6 Å². The van der Waals surface area contributed by atoms with Crippen molar-refractivity contribution in [3.8, 4) is 0 Å². The minimum absolute atomic E-state index is 0.508. The summed E-state index contributed by atoms with van der Waals surface area (Å²) < 4.78 is 0. The van der Waals surface area contributed by atoms with Gasteiger partial charge in [-0.25, -0.2) is 0 Å². The fourth-order valence-electron chi connectivity index (χ4n) is 1.19. The molecule has 0 atom stereocenters. The minimum Gasteiger partial charge on any atom is -0.127 e. The highest BCUT2D eigenvalue weighted by molar-refractivity contribution is 6.20. The smallest absolute Gasteiger partial charge is 0.0336 e. The Bertz CT molecular complexity index is 75.9. The van der Waals surface area contributed by atoms with Crippen molar-refractivity contribution < 1.29 is 0 Å². The predicted octanol–water partition coefficient (Wildman–Crippen LogP) is 4.58. The highest BCUT2D eigenvalue weighted by Gasteiger charge is 2.08. The molecule has 0 amide bonds. The molecule has 0 radical (unpaired) electrons. The van der Waals surface area contributed by atoms with Crippen LogP contribution in [0.2, 0.25) is 0 Å². The third-order valence-corrected chi connectivity index (χ3v) is 2.73. The molecule has 74 valence electrons. The summed E-state index contributed by atoms with van der Waals surface area (Å²) in [4.78, 5) is 0. The molecule has 0 N–H and O–H groups in total. The normalized spacial score (nSPS) is 18.2. The average molecular weight is 211 g/mol. The Morgan fingerprint density at radius 2 is 1.75 bits per heavy atom. The Morgan fingerprint density at radius 1 is 1.17 bits per heavy atom. The Balaban J connectivity index is 0.000000217. The van der Waals surface area contributed by atoms with Gasteiger partial charge in [0.05, 0.1) is 0 Å². The fourth-order valence-corrected chi connectivity index (χ4v) is 1.76. The van der Waals surface area contributed by atoms with Crippen molar-refractivity contribution >= 4 is 23.2 Å². The lowest BCUT2D eigenvalue weighted by atomic mass is 10.0.